The van der Waals surface area contributed by atoms with Gasteiger partial charge in [0.2, 0.25) is 5.91 Å². The first-order valence-electron chi connectivity index (χ1n) is 12.6. The second-order valence-corrected chi connectivity index (χ2v) is 9.67. The maximum absolute atomic E-state index is 11.9. The largest absolute Gasteiger partial charge is 0.480 e. The predicted molar refractivity (Wildman–Crippen MR) is 129 cm³/mol. The Balaban J connectivity index is 3.67. The molecule has 0 aliphatic carbocycles. The van der Waals surface area contributed by atoms with Gasteiger partial charge in [0.25, 0.3) is 0 Å². The summed E-state index contributed by atoms with van der Waals surface area (Å²) in [4.78, 5) is 35.0. The highest BCUT2D eigenvalue weighted by Gasteiger charge is 2.23. The van der Waals surface area contributed by atoms with Crippen LogP contribution in [0, 0.1) is 0 Å². The minimum atomic E-state index is -1.09. The van der Waals surface area contributed by atoms with Gasteiger partial charge in [-0.25, -0.2) is 9.59 Å². The van der Waals surface area contributed by atoms with Crippen molar-refractivity contribution >= 4 is 18.0 Å². The quantitative estimate of drug-likeness (QED) is 0.208. The molecule has 1 atom stereocenters. The van der Waals surface area contributed by atoms with Gasteiger partial charge in [-0.15, -0.1) is 0 Å². The number of carboxylic acid groups (broad SMARTS) is 1. The van der Waals surface area contributed by atoms with E-state index in [1.165, 1.54) is 57.8 Å². The van der Waals surface area contributed by atoms with Crippen LogP contribution in [0.3, 0.4) is 0 Å². The molecule has 0 aliphatic rings. The van der Waals surface area contributed by atoms with Crippen LogP contribution in [0.4, 0.5) is 4.79 Å². The molecular formula is C25H48N2O5. The Morgan fingerprint density at radius 2 is 1.34 bits per heavy atom. The second kappa shape index (κ2) is 18.8. The Hall–Kier alpha value is -1.79. The second-order valence-electron chi connectivity index (χ2n) is 9.67. The molecule has 2 amide bonds. The highest BCUT2D eigenvalue weighted by Crippen LogP contribution is 2.12. The van der Waals surface area contributed by atoms with Crippen molar-refractivity contribution in [1.29, 1.82) is 0 Å². The maximum atomic E-state index is 11.9. The average Bonchev–Trinajstić information content (AvgIpc) is 2.69. The van der Waals surface area contributed by atoms with E-state index in [1.54, 1.807) is 20.8 Å². The van der Waals surface area contributed by atoms with Crippen LogP contribution in [-0.2, 0) is 14.3 Å². The first-order valence-corrected chi connectivity index (χ1v) is 12.6. The Morgan fingerprint density at radius 3 is 1.84 bits per heavy atom. The molecule has 7 nitrogen and oxygen atoms in total. The molecule has 3 N–H and O–H groups in total. The molecule has 1 unspecified atom stereocenters. The molecule has 0 aromatic rings. The average molecular weight is 457 g/mol. The molecule has 7 heteroatoms. The number of ether oxygens (including phenoxy) is 1. The smallest absolute Gasteiger partial charge is 0.408 e. The molecule has 0 fully saturated rings. The van der Waals surface area contributed by atoms with Crippen LogP contribution in [0.15, 0.2) is 0 Å². The molecule has 0 spiro atoms. The maximum Gasteiger partial charge on any atom is 0.408 e. The lowest BCUT2D eigenvalue weighted by Gasteiger charge is -2.22. The van der Waals surface area contributed by atoms with Crippen LogP contribution in [0.2, 0.25) is 0 Å². The molecular weight excluding hydrogens is 408 g/mol. The summed E-state index contributed by atoms with van der Waals surface area (Å²) in [6.07, 6.45) is 15.2. The SMILES string of the molecule is CCCCCCCCCCCCCC(=O)NCCCCC(NC(=O)OC(C)(C)C)C(=O)O. The van der Waals surface area contributed by atoms with E-state index in [4.69, 9.17) is 4.74 Å². The number of rotatable bonds is 19. The van der Waals surface area contributed by atoms with Gasteiger partial charge in [0.1, 0.15) is 11.6 Å². The van der Waals surface area contributed by atoms with Gasteiger partial charge in [0, 0.05) is 13.0 Å². The van der Waals surface area contributed by atoms with Crippen molar-refractivity contribution in [3.05, 3.63) is 0 Å². The monoisotopic (exact) mass is 456 g/mol. The third-order valence-electron chi connectivity index (χ3n) is 5.24. The molecule has 32 heavy (non-hydrogen) atoms. The van der Waals surface area contributed by atoms with Crippen molar-refractivity contribution in [2.75, 3.05) is 6.54 Å². The van der Waals surface area contributed by atoms with E-state index in [0.29, 0.717) is 32.2 Å². The van der Waals surface area contributed by atoms with Crippen LogP contribution >= 0.6 is 0 Å². The first-order chi connectivity index (χ1) is 15.2. The van der Waals surface area contributed by atoms with E-state index in [2.05, 4.69) is 17.6 Å². The van der Waals surface area contributed by atoms with E-state index in [0.717, 1.165) is 12.8 Å². The number of alkyl carbamates (subject to hydrolysis) is 1. The molecule has 0 saturated heterocycles. The summed E-state index contributed by atoms with van der Waals surface area (Å²) in [6, 6.07) is -0.989. The predicted octanol–water partition coefficient (Wildman–Crippen LogP) is 5.95. The van der Waals surface area contributed by atoms with Gasteiger partial charge in [-0.1, -0.05) is 71.1 Å². The molecule has 0 bridgehead atoms. The van der Waals surface area contributed by atoms with Crippen LogP contribution in [0.1, 0.15) is 124 Å². The zero-order valence-electron chi connectivity index (χ0n) is 21.0. The van der Waals surface area contributed by atoms with Crippen molar-refractivity contribution in [3.63, 3.8) is 0 Å². The topological polar surface area (TPSA) is 105 Å². The fourth-order valence-electron chi connectivity index (χ4n) is 3.45. The molecule has 0 rings (SSSR count). The van der Waals surface area contributed by atoms with E-state index < -0.39 is 23.7 Å². The summed E-state index contributed by atoms with van der Waals surface area (Å²) in [6.45, 7) is 7.94. The molecule has 0 aromatic heterocycles. The van der Waals surface area contributed by atoms with Gasteiger partial charge in [0.05, 0.1) is 0 Å². The number of hydrogen-bond acceptors (Lipinski definition) is 4. The lowest BCUT2D eigenvalue weighted by molar-refractivity contribution is -0.139. The summed E-state index contributed by atoms with van der Waals surface area (Å²) in [5.41, 5.74) is -0.675. The third-order valence-corrected chi connectivity index (χ3v) is 5.24. The van der Waals surface area contributed by atoms with Gasteiger partial charge in [-0.3, -0.25) is 4.79 Å². The number of nitrogens with one attached hydrogen (secondary N) is 2. The highest BCUT2D eigenvalue weighted by molar-refractivity contribution is 5.80. The van der Waals surface area contributed by atoms with Crippen LogP contribution in [-0.4, -0.2) is 41.3 Å². The van der Waals surface area contributed by atoms with Gasteiger partial charge >= 0.3 is 12.1 Å². The van der Waals surface area contributed by atoms with Gasteiger partial charge in [0.15, 0.2) is 0 Å². The zero-order valence-corrected chi connectivity index (χ0v) is 21.0. The normalized spacial score (nSPS) is 12.2. The summed E-state index contributed by atoms with van der Waals surface area (Å²) < 4.78 is 5.10. The van der Waals surface area contributed by atoms with Crippen molar-refractivity contribution in [2.24, 2.45) is 0 Å². The lowest BCUT2D eigenvalue weighted by Crippen LogP contribution is -2.43. The van der Waals surface area contributed by atoms with E-state index in [-0.39, 0.29) is 5.91 Å². The molecule has 0 aliphatic heterocycles. The van der Waals surface area contributed by atoms with Crippen LogP contribution < -0.4 is 10.6 Å². The van der Waals surface area contributed by atoms with Gasteiger partial charge < -0.3 is 20.5 Å². The van der Waals surface area contributed by atoms with Gasteiger partial charge in [-0.2, -0.15) is 0 Å². The molecule has 0 heterocycles. The lowest BCUT2D eigenvalue weighted by atomic mass is 10.1. The van der Waals surface area contributed by atoms with E-state index >= 15 is 0 Å². The van der Waals surface area contributed by atoms with E-state index in [9.17, 15) is 19.5 Å². The summed E-state index contributed by atoms with van der Waals surface area (Å²) >= 11 is 0. The van der Waals surface area contributed by atoms with Crippen LogP contribution in [0.25, 0.3) is 0 Å². The first kappa shape index (κ1) is 30.2. The number of hydrogen-bond donors (Lipinski definition) is 3. The molecule has 188 valence electrons. The van der Waals surface area contributed by atoms with Crippen molar-refractivity contribution in [1.82, 2.24) is 10.6 Å². The van der Waals surface area contributed by atoms with Crippen molar-refractivity contribution in [2.45, 2.75) is 136 Å². The van der Waals surface area contributed by atoms with Crippen molar-refractivity contribution in [3.8, 4) is 0 Å². The Morgan fingerprint density at radius 1 is 0.812 bits per heavy atom. The third kappa shape index (κ3) is 20.1. The fraction of sp³-hybridized carbons (Fsp3) is 0.880. The zero-order chi connectivity index (χ0) is 24.2. The number of aliphatic carboxylic acids is 1. The van der Waals surface area contributed by atoms with Gasteiger partial charge in [-0.05, 0) is 46.5 Å². The standard InChI is InChI=1S/C25H48N2O5/c1-5-6-7-8-9-10-11-12-13-14-15-19-22(28)26-20-17-16-18-21(23(29)30)27-24(31)32-25(2,3)4/h21H,5-20H2,1-4H3,(H,26,28)(H,27,31)(H,29,30). The molecule has 0 aromatic carbocycles. The molecule has 0 saturated carbocycles. The summed E-state index contributed by atoms with van der Waals surface area (Å²) in [5.74, 6) is -1.03. The minimum Gasteiger partial charge on any atom is -0.480 e. The Labute approximate surface area is 195 Å². The Bertz CT molecular complexity index is 517. The highest BCUT2D eigenvalue weighted by atomic mass is 16.6. The van der Waals surface area contributed by atoms with Crippen molar-refractivity contribution < 1.29 is 24.2 Å². The minimum absolute atomic E-state index is 0.0580. The van der Waals surface area contributed by atoms with E-state index in [1.807, 2.05) is 0 Å². The fourth-order valence-corrected chi connectivity index (χ4v) is 3.45. The number of carboxylic acids is 1. The molecule has 0 radical (unpaired) electrons. The Kier molecular flexibility index (Phi) is 17.7. The number of amides is 2. The summed E-state index contributed by atoms with van der Waals surface area (Å²) in [5, 5.41) is 14.5. The number of unbranched alkanes of at least 4 members (excludes halogenated alkanes) is 11. The number of carbonyl (C=O) groups excluding carboxylic acids is 2. The van der Waals surface area contributed by atoms with Crippen LogP contribution in [0.5, 0.6) is 0 Å². The summed E-state index contributed by atoms with van der Waals surface area (Å²) in [7, 11) is 0. The number of carbonyl (C=O) groups is 3.